The van der Waals surface area contributed by atoms with Crippen molar-refractivity contribution in [1.82, 2.24) is 25.1 Å². The van der Waals surface area contributed by atoms with Gasteiger partial charge in [-0.3, -0.25) is 4.68 Å². The molecule has 1 aliphatic heterocycles. The molecule has 0 atom stereocenters. The summed E-state index contributed by atoms with van der Waals surface area (Å²) in [5.41, 5.74) is 1.88. The molecule has 0 amide bonds. The van der Waals surface area contributed by atoms with E-state index in [1.54, 1.807) is 6.20 Å². The van der Waals surface area contributed by atoms with Crippen molar-refractivity contribution < 1.29 is 13.2 Å². The van der Waals surface area contributed by atoms with Gasteiger partial charge in [0.05, 0.1) is 11.3 Å². The van der Waals surface area contributed by atoms with Gasteiger partial charge in [0.1, 0.15) is 5.65 Å². The van der Waals surface area contributed by atoms with Crippen LogP contribution < -0.4 is 5.32 Å². The molecular weight excluding hydrogens is 331 g/mol. The molecule has 0 radical (unpaired) electrons. The molecule has 4 heterocycles. The van der Waals surface area contributed by atoms with Crippen LogP contribution in [-0.4, -0.2) is 32.8 Å². The summed E-state index contributed by atoms with van der Waals surface area (Å²) in [5.74, 6) is 0.419. The second-order valence-electron chi connectivity index (χ2n) is 6.42. The fraction of sp³-hybridized carbons (Fsp3) is 0.412. The van der Waals surface area contributed by atoms with Gasteiger partial charge < -0.3 is 10.3 Å². The van der Waals surface area contributed by atoms with Crippen LogP contribution in [0.1, 0.15) is 30.0 Å². The molecule has 0 bridgehead atoms. The van der Waals surface area contributed by atoms with E-state index in [2.05, 4.69) is 20.4 Å². The summed E-state index contributed by atoms with van der Waals surface area (Å²) < 4.78 is 41.2. The first-order valence-electron chi connectivity index (χ1n) is 8.23. The molecule has 4 rings (SSSR count). The van der Waals surface area contributed by atoms with Gasteiger partial charge in [0.15, 0.2) is 0 Å². The quantitative estimate of drug-likeness (QED) is 0.745. The number of aryl methyl sites for hydroxylation is 1. The van der Waals surface area contributed by atoms with Crippen molar-refractivity contribution in [2.24, 2.45) is 7.05 Å². The van der Waals surface area contributed by atoms with E-state index in [4.69, 9.17) is 0 Å². The zero-order valence-corrected chi connectivity index (χ0v) is 13.7. The maximum absolute atomic E-state index is 13.1. The smallest absolute Gasteiger partial charge is 0.346 e. The normalized spacial score (nSPS) is 16.6. The third-order valence-corrected chi connectivity index (χ3v) is 4.81. The van der Waals surface area contributed by atoms with E-state index < -0.39 is 11.7 Å². The van der Waals surface area contributed by atoms with Gasteiger partial charge in [-0.2, -0.15) is 18.3 Å². The fourth-order valence-electron chi connectivity index (χ4n) is 3.50. The van der Waals surface area contributed by atoms with Gasteiger partial charge in [-0.1, -0.05) is 0 Å². The third-order valence-electron chi connectivity index (χ3n) is 4.81. The average Bonchev–Trinajstić information content (AvgIpc) is 3.18. The van der Waals surface area contributed by atoms with Crippen LogP contribution in [0.3, 0.4) is 0 Å². The van der Waals surface area contributed by atoms with Gasteiger partial charge in [-0.25, -0.2) is 4.98 Å². The molecule has 8 heteroatoms. The standard InChI is InChI=1S/C17H18F3N5/c1-25-15(10-2-4-21-5-3-10)7-14(24-25)11-6-12-13(17(18,19)20)9-23-16(12)22-8-11/h6-10,21H,2-5H2,1H3,(H,22,23). The number of piperidine rings is 1. The van der Waals surface area contributed by atoms with Crippen LogP contribution in [0.15, 0.2) is 24.5 Å². The molecule has 0 aromatic carbocycles. The van der Waals surface area contributed by atoms with Gasteiger partial charge >= 0.3 is 6.18 Å². The third kappa shape index (κ3) is 2.90. The van der Waals surface area contributed by atoms with Gasteiger partial charge in [0, 0.05) is 42.0 Å². The molecule has 3 aromatic heterocycles. The molecule has 5 nitrogen and oxygen atoms in total. The Balaban J connectivity index is 1.74. The predicted molar refractivity (Wildman–Crippen MR) is 88.1 cm³/mol. The lowest BCUT2D eigenvalue weighted by Crippen LogP contribution is -2.27. The van der Waals surface area contributed by atoms with Crippen molar-refractivity contribution >= 4 is 11.0 Å². The lowest BCUT2D eigenvalue weighted by Gasteiger charge is -2.22. The number of hydrogen-bond donors (Lipinski definition) is 2. The number of fused-ring (bicyclic) bond motifs is 1. The molecule has 1 saturated heterocycles. The number of nitrogens with zero attached hydrogens (tertiary/aromatic N) is 3. The Morgan fingerprint density at radius 3 is 2.68 bits per heavy atom. The Morgan fingerprint density at radius 2 is 1.96 bits per heavy atom. The van der Waals surface area contributed by atoms with Crippen LogP contribution >= 0.6 is 0 Å². The zero-order chi connectivity index (χ0) is 17.6. The van der Waals surface area contributed by atoms with Crippen molar-refractivity contribution in [3.63, 3.8) is 0 Å². The molecule has 3 aromatic rings. The van der Waals surface area contributed by atoms with Crippen LogP contribution in [0.2, 0.25) is 0 Å². The van der Waals surface area contributed by atoms with Crippen molar-refractivity contribution in [2.75, 3.05) is 13.1 Å². The SMILES string of the molecule is Cn1nc(-c2cnc3[nH]cc(C(F)(F)F)c3c2)cc1C1CCNCC1. The van der Waals surface area contributed by atoms with E-state index in [0.29, 0.717) is 17.2 Å². The number of H-pyrrole nitrogens is 1. The number of hydrogen-bond acceptors (Lipinski definition) is 3. The number of alkyl halides is 3. The molecule has 0 spiro atoms. The Hall–Kier alpha value is -2.35. The molecule has 0 unspecified atom stereocenters. The largest absolute Gasteiger partial charge is 0.418 e. The predicted octanol–water partition coefficient (Wildman–Crippen LogP) is 3.45. The van der Waals surface area contributed by atoms with Gasteiger partial charge in [-0.15, -0.1) is 0 Å². The molecule has 132 valence electrons. The first-order valence-corrected chi connectivity index (χ1v) is 8.23. The van der Waals surface area contributed by atoms with E-state index in [1.807, 2.05) is 17.8 Å². The molecule has 2 N–H and O–H groups in total. The second-order valence-corrected chi connectivity index (χ2v) is 6.42. The van der Waals surface area contributed by atoms with Crippen molar-refractivity contribution in [3.8, 4) is 11.3 Å². The second kappa shape index (κ2) is 5.87. The van der Waals surface area contributed by atoms with Crippen molar-refractivity contribution in [1.29, 1.82) is 0 Å². The molecule has 0 aliphatic carbocycles. The maximum Gasteiger partial charge on any atom is 0.418 e. The number of aromatic amines is 1. The summed E-state index contributed by atoms with van der Waals surface area (Å²) in [7, 11) is 1.88. The average molecular weight is 349 g/mol. The summed E-state index contributed by atoms with van der Waals surface area (Å²) in [6.45, 7) is 1.94. The van der Waals surface area contributed by atoms with E-state index in [-0.39, 0.29) is 11.0 Å². The lowest BCUT2D eigenvalue weighted by molar-refractivity contribution is -0.136. The lowest BCUT2D eigenvalue weighted by atomic mass is 9.94. The number of rotatable bonds is 2. The van der Waals surface area contributed by atoms with E-state index >= 15 is 0 Å². The minimum atomic E-state index is -4.41. The van der Waals surface area contributed by atoms with Crippen LogP contribution in [0.5, 0.6) is 0 Å². The van der Waals surface area contributed by atoms with E-state index in [0.717, 1.165) is 37.8 Å². The van der Waals surface area contributed by atoms with E-state index in [9.17, 15) is 13.2 Å². The van der Waals surface area contributed by atoms with Crippen molar-refractivity contribution in [3.05, 3.63) is 35.8 Å². The van der Waals surface area contributed by atoms with Crippen LogP contribution in [-0.2, 0) is 13.2 Å². The Morgan fingerprint density at radius 1 is 1.20 bits per heavy atom. The fourth-order valence-corrected chi connectivity index (χ4v) is 3.50. The minimum Gasteiger partial charge on any atom is -0.346 e. The highest BCUT2D eigenvalue weighted by molar-refractivity contribution is 5.84. The highest BCUT2D eigenvalue weighted by Gasteiger charge is 2.34. The van der Waals surface area contributed by atoms with Crippen LogP contribution in [0.4, 0.5) is 13.2 Å². The first kappa shape index (κ1) is 16.1. The summed E-state index contributed by atoms with van der Waals surface area (Å²) >= 11 is 0. The van der Waals surface area contributed by atoms with E-state index in [1.165, 1.54) is 6.07 Å². The number of aromatic nitrogens is 4. The van der Waals surface area contributed by atoms with Crippen LogP contribution in [0, 0.1) is 0 Å². The van der Waals surface area contributed by atoms with Crippen molar-refractivity contribution in [2.45, 2.75) is 24.9 Å². The van der Waals surface area contributed by atoms with Gasteiger partial charge in [-0.05, 0) is 38.1 Å². The molecule has 25 heavy (non-hydrogen) atoms. The topological polar surface area (TPSA) is 58.5 Å². The number of halogens is 3. The summed E-state index contributed by atoms with van der Waals surface area (Å²) in [6.07, 6.45) is 0.176. The Kier molecular flexibility index (Phi) is 3.79. The Labute approximate surface area is 142 Å². The summed E-state index contributed by atoms with van der Waals surface area (Å²) in [5, 5.41) is 7.90. The Bertz CT molecular complexity index is 903. The summed E-state index contributed by atoms with van der Waals surface area (Å²) in [4.78, 5) is 6.71. The highest BCUT2D eigenvalue weighted by Crippen LogP contribution is 2.36. The highest BCUT2D eigenvalue weighted by atomic mass is 19.4. The van der Waals surface area contributed by atoms with Gasteiger partial charge in [0.2, 0.25) is 0 Å². The number of nitrogens with one attached hydrogen (secondary N) is 2. The van der Waals surface area contributed by atoms with Crippen LogP contribution in [0.25, 0.3) is 22.3 Å². The maximum atomic E-state index is 13.1. The molecule has 0 saturated carbocycles. The number of pyridine rings is 1. The monoisotopic (exact) mass is 349 g/mol. The minimum absolute atomic E-state index is 0.0686. The molecular formula is C17H18F3N5. The summed E-state index contributed by atoms with van der Waals surface area (Å²) in [6, 6.07) is 3.48. The first-order chi connectivity index (χ1) is 11.9. The van der Waals surface area contributed by atoms with Gasteiger partial charge in [0.25, 0.3) is 0 Å². The molecule has 1 fully saturated rings. The molecule has 1 aliphatic rings. The zero-order valence-electron chi connectivity index (χ0n) is 13.7.